The quantitative estimate of drug-likeness (QED) is 0.846. The lowest BCUT2D eigenvalue weighted by atomic mass is 9.92. The molecule has 20 heavy (non-hydrogen) atoms. The minimum Gasteiger partial charge on any atom is -0.481 e. The van der Waals surface area contributed by atoms with Gasteiger partial charge in [-0.05, 0) is 17.5 Å². The number of rotatable bonds is 4. The third kappa shape index (κ3) is 2.57. The van der Waals surface area contributed by atoms with E-state index in [1.807, 2.05) is 0 Å². The number of amides is 2. The van der Waals surface area contributed by atoms with Crippen LogP contribution in [-0.4, -0.2) is 34.3 Å². The molecule has 0 radical (unpaired) electrons. The predicted molar refractivity (Wildman–Crippen MR) is 72.2 cm³/mol. The van der Waals surface area contributed by atoms with Gasteiger partial charge in [0.15, 0.2) is 0 Å². The van der Waals surface area contributed by atoms with Crippen LogP contribution >= 0.6 is 0 Å². The van der Waals surface area contributed by atoms with Crippen LogP contribution in [0.5, 0.6) is 0 Å². The van der Waals surface area contributed by atoms with E-state index < -0.39 is 17.8 Å². The van der Waals surface area contributed by atoms with Gasteiger partial charge in [-0.25, -0.2) is 0 Å². The lowest BCUT2D eigenvalue weighted by Crippen LogP contribution is -2.47. The molecule has 0 aromatic heterocycles. The van der Waals surface area contributed by atoms with Gasteiger partial charge in [-0.15, -0.1) is 0 Å². The van der Waals surface area contributed by atoms with E-state index in [9.17, 15) is 19.5 Å². The Morgan fingerprint density at radius 1 is 1.30 bits per heavy atom. The van der Waals surface area contributed by atoms with E-state index in [1.165, 1.54) is 0 Å². The van der Waals surface area contributed by atoms with Crippen molar-refractivity contribution in [2.45, 2.75) is 20.3 Å². The first-order chi connectivity index (χ1) is 9.41. The molecule has 2 rings (SSSR count). The molecule has 1 aromatic carbocycles. The second kappa shape index (κ2) is 5.45. The number of fused-ring (bicyclic) bond motifs is 1. The zero-order valence-corrected chi connectivity index (χ0v) is 11.5. The van der Waals surface area contributed by atoms with E-state index in [-0.39, 0.29) is 24.8 Å². The average Bonchev–Trinajstić information content (AvgIpc) is 2.37. The van der Waals surface area contributed by atoms with Crippen molar-refractivity contribution >= 4 is 17.8 Å². The van der Waals surface area contributed by atoms with Crippen LogP contribution in [0, 0.1) is 11.8 Å². The summed E-state index contributed by atoms with van der Waals surface area (Å²) in [7, 11) is 0. The number of aliphatic carboxylic acids is 1. The molecule has 1 unspecified atom stereocenters. The highest BCUT2D eigenvalue weighted by molar-refractivity contribution is 6.09. The highest BCUT2D eigenvalue weighted by Crippen LogP contribution is 2.22. The molecule has 1 aliphatic heterocycles. The van der Waals surface area contributed by atoms with E-state index in [0.29, 0.717) is 11.1 Å². The van der Waals surface area contributed by atoms with Gasteiger partial charge in [0.05, 0.1) is 12.3 Å². The zero-order chi connectivity index (χ0) is 14.9. The summed E-state index contributed by atoms with van der Waals surface area (Å²) in [4.78, 5) is 36.7. The standard InChI is InChI=1S/C15H17NO4/c1-9(2)12(15(19)20)8-16-13(17)7-10-5-3-4-6-11(10)14(16)18/h3-6,9,12H,7-8H2,1-2H3,(H,19,20). The number of benzene rings is 1. The first kappa shape index (κ1) is 14.2. The molecule has 0 saturated heterocycles. The number of carbonyl (C=O) groups is 3. The molecule has 106 valence electrons. The molecular formula is C15H17NO4. The van der Waals surface area contributed by atoms with Crippen molar-refractivity contribution < 1.29 is 19.5 Å². The van der Waals surface area contributed by atoms with Crippen LogP contribution in [-0.2, 0) is 16.0 Å². The van der Waals surface area contributed by atoms with Crippen LogP contribution in [0.1, 0.15) is 29.8 Å². The number of nitrogens with zero attached hydrogens (tertiary/aromatic N) is 1. The fourth-order valence-corrected chi connectivity index (χ4v) is 2.36. The van der Waals surface area contributed by atoms with Crippen molar-refractivity contribution in [1.82, 2.24) is 4.90 Å². The highest BCUT2D eigenvalue weighted by Gasteiger charge is 2.34. The molecule has 1 atom stereocenters. The Morgan fingerprint density at radius 3 is 2.55 bits per heavy atom. The van der Waals surface area contributed by atoms with Crippen LogP contribution in [0.25, 0.3) is 0 Å². The summed E-state index contributed by atoms with van der Waals surface area (Å²) < 4.78 is 0. The summed E-state index contributed by atoms with van der Waals surface area (Å²) in [5.74, 6) is -2.61. The third-order valence-electron chi connectivity index (χ3n) is 3.64. The van der Waals surface area contributed by atoms with E-state index in [0.717, 1.165) is 4.90 Å². The van der Waals surface area contributed by atoms with Crippen molar-refractivity contribution in [1.29, 1.82) is 0 Å². The first-order valence-corrected chi connectivity index (χ1v) is 6.57. The topological polar surface area (TPSA) is 74.7 Å². The fourth-order valence-electron chi connectivity index (χ4n) is 2.36. The Kier molecular flexibility index (Phi) is 3.88. The lowest BCUT2D eigenvalue weighted by Gasteiger charge is -2.30. The minimum atomic E-state index is -0.987. The van der Waals surface area contributed by atoms with E-state index >= 15 is 0 Å². The van der Waals surface area contributed by atoms with E-state index in [4.69, 9.17) is 0 Å². The van der Waals surface area contributed by atoms with Crippen LogP contribution in [0.4, 0.5) is 0 Å². The summed E-state index contributed by atoms with van der Waals surface area (Å²) in [6.45, 7) is 3.47. The number of hydrogen-bond donors (Lipinski definition) is 1. The Bertz CT molecular complexity index is 565. The summed E-state index contributed by atoms with van der Waals surface area (Å²) in [6, 6.07) is 6.94. The smallest absolute Gasteiger partial charge is 0.308 e. The van der Waals surface area contributed by atoms with Gasteiger partial charge in [0.2, 0.25) is 5.91 Å². The predicted octanol–water partition coefficient (Wildman–Crippen LogP) is 1.57. The molecule has 0 bridgehead atoms. The largest absolute Gasteiger partial charge is 0.481 e. The van der Waals surface area contributed by atoms with Crippen LogP contribution in [0.3, 0.4) is 0 Å². The third-order valence-corrected chi connectivity index (χ3v) is 3.64. The van der Waals surface area contributed by atoms with Gasteiger partial charge in [-0.1, -0.05) is 32.0 Å². The molecule has 0 saturated carbocycles. The first-order valence-electron chi connectivity index (χ1n) is 6.57. The summed E-state index contributed by atoms with van der Waals surface area (Å²) in [5, 5.41) is 9.19. The molecule has 1 aliphatic rings. The summed E-state index contributed by atoms with van der Waals surface area (Å²) in [5.41, 5.74) is 1.19. The number of carboxylic acid groups (broad SMARTS) is 1. The van der Waals surface area contributed by atoms with Crippen LogP contribution < -0.4 is 0 Å². The van der Waals surface area contributed by atoms with Gasteiger partial charge in [-0.2, -0.15) is 0 Å². The van der Waals surface area contributed by atoms with Gasteiger partial charge >= 0.3 is 5.97 Å². The summed E-state index contributed by atoms with van der Waals surface area (Å²) in [6.07, 6.45) is 0.145. The normalized spacial score (nSPS) is 16.2. The van der Waals surface area contributed by atoms with Crippen molar-refractivity contribution in [3.8, 4) is 0 Å². The maximum atomic E-state index is 12.3. The molecule has 1 N–H and O–H groups in total. The van der Waals surface area contributed by atoms with Crippen molar-refractivity contribution in [2.24, 2.45) is 11.8 Å². The molecule has 5 nitrogen and oxygen atoms in total. The summed E-state index contributed by atoms with van der Waals surface area (Å²) >= 11 is 0. The van der Waals surface area contributed by atoms with E-state index in [1.54, 1.807) is 38.1 Å². The number of hydrogen-bond acceptors (Lipinski definition) is 3. The average molecular weight is 275 g/mol. The zero-order valence-electron chi connectivity index (χ0n) is 11.5. The molecule has 0 spiro atoms. The lowest BCUT2D eigenvalue weighted by molar-refractivity contribution is -0.144. The second-order valence-corrected chi connectivity index (χ2v) is 5.33. The number of imide groups is 1. The molecule has 2 amide bonds. The SMILES string of the molecule is CC(C)C(CN1C(=O)Cc2ccccc2C1=O)C(=O)O. The van der Waals surface area contributed by atoms with Gasteiger partial charge in [0.25, 0.3) is 5.91 Å². The molecule has 0 aliphatic carbocycles. The Labute approximate surface area is 117 Å². The van der Waals surface area contributed by atoms with Gasteiger partial charge < -0.3 is 5.11 Å². The molecule has 1 heterocycles. The van der Waals surface area contributed by atoms with Gasteiger partial charge in [-0.3, -0.25) is 19.3 Å². The maximum Gasteiger partial charge on any atom is 0.308 e. The maximum absolute atomic E-state index is 12.3. The molecule has 0 fully saturated rings. The van der Waals surface area contributed by atoms with Crippen LogP contribution in [0.15, 0.2) is 24.3 Å². The van der Waals surface area contributed by atoms with Gasteiger partial charge in [0, 0.05) is 12.1 Å². The second-order valence-electron chi connectivity index (χ2n) is 5.33. The molecule has 1 aromatic rings. The fraction of sp³-hybridized carbons (Fsp3) is 0.400. The van der Waals surface area contributed by atoms with E-state index in [2.05, 4.69) is 0 Å². The van der Waals surface area contributed by atoms with Gasteiger partial charge in [0.1, 0.15) is 0 Å². The van der Waals surface area contributed by atoms with Crippen LogP contribution in [0.2, 0.25) is 0 Å². The number of carbonyl (C=O) groups excluding carboxylic acids is 2. The number of carboxylic acids is 1. The highest BCUT2D eigenvalue weighted by atomic mass is 16.4. The van der Waals surface area contributed by atoms with Crippen molar-refractivity contribution in [3.63, 3.8) is 0 Å². The Balaban J connectivity index is 2.28. The van der Waals surface area contributed by atoms with Crippen molar-refractivity contribution in [3.05, 3.63) is 35.4 Å². The Hall–Kier alpha value is -2.17. The molecular weight excluding hydrogens is 258 g/mol. The monoisotopic (exact) mass is 275 g/mol. The molecule has 5 heteroatoms. The Morgan fingerprint density at radius 2 is 1.95 bits per heavy atom. The minimum absolute atomic E-state index is 0.0704. The van der Waals surface area contributed by atoms with Crippen molar-refractivity contribution in [2.75, 3.05) is 6.54 Å².